The molecule has 3 nitrogen and oxygen atoms in total. The zero-order chi connectivity index (χ0) is 38.6. The molecule has 0 bridgehead atoms. The average Bonchev–Trinajstić information content (AvgIpc) is 3.93. The predicted molar refractivity (Wildman–Crippen MR) is 250 cm³/mol. The van der Waals surface area contributed by atoms with Crippen LogP contribution >= 0.6 is 0 Å². The molecule has 10 aromatic carbocycles. The summed E-state index contributed by atoms with van der Waals surface area (Å²) >= 11 is 0. The minimum Gasteiger partial charge on any atom is -0.309 e. The lowest BCUT2D eigenvalue weighted by Gasteiger charge is -2.15. The SMILES string of the molecule is c1ccc(-n2c3ccccc3c3cc4c5ccccc5n(-c5cccc(-c6ccc7c8ccccc8n(-c8cc9ccccc9c9ccccc89)c7c6)c5)c4cc32)cc1. The Morgan fingerprint density at radius 2 is 0.712 bits per heavy atom. The zero-order valence-corrected chi connectivity index (χ0v) is 32.0. The quantitative estimate of drug-likeness (QED) is 0.159. The number of aromatic nitrogens is 3. The number of nitrogens with zero attached hydrogens (tertiary/aromatic N) is 3. The molecular formula is C56H35N3. The van der Waals surface area contributed by atoms with Gasteiger partial charge >= 0.3 is 0 Å². The van der Waals surface area contributed by atoms with E-state index in [0.29, 0.717) is 0 Å². The first kappa shape index (κ1) is 32.2. The third-order valence-electron chi connectivity index (χ3n) is 12.6. The molecule has 0 N–H and O–H groups in total. The Hall–Kier alpha value is -7.88. The van der Waals surface area contributed by atoms with Crippen molar-refractivity contribution in [3.05, 3.63) is 212 Å². The summed E-state index contributed by atoms with van der Waals surface area (Å²) in [7, 11) is 0. The van der Waals surface area contributed by atoms with Gasteiger partial charge in [0, 0.05) is 49.1 Å². The van der Waals surface area contributed by atoms with Crippen molar-refractivity contribution in [1.29, 1.82) is 0 Å². The molecule has 0 unspecified atom stereocenters. The van der Waals surface area contributed by atoms with Gasteiger partial charge in [-0.25, -0.2) is 0 Å². The number of hydrogen-bond acceptors (Lipinski definition) is 0. The van der Waals surface area contributed by atoms with Crippen LogP contribution in [0.4, 0.5) is 0 Å². The van der Waals surface area contributed by atoms with Crippen molar-refractivity contribution in [3.8, 4) is 28.2 Å². The number of fused-ring (bicyclic) bond motifs is 12. The van der Waals surface area contributed by atoms with Gasteiger partial charge in [0.1, 0.15) is 0 Å². The summed E-state index contributed by atoms with van der Waals surface area (Å²) in [4.78, 5) is 0. The smallest absolute Gasteiger partial charge is 0.0562 e. The fourth-order valence-electron chi connectivity index (χ4n) is 10.0. The lowest BCUT2D eigenvalue weighted by molar-refractivity contribution is 1.16. The van der Waals surface area contributed by atoms with Crippen molar-refractivity contribution in [3.63, 3.8) is 0 Å². The molecule has 274 valence electrons. The Morgan fingerprint density at radius 3 is 1.42 bits per heavy atom. The first-order chi connectivity index (χ1) is 29.3. The Morgan fingerprint density at radius 1 is 0.220 bits per heavy atom. The number of rotatable bonds is 4. The molecule has 13 rings (SSSR count). The van der Waals surface area contributed by atoms with Gasteiger partial charge in [-0.2, -0.15) is 0 Å². The van der Waals surface area contributed by atoms with Crippen molar-refractivity contribution in [2.24, 2.45) is 0 Å². The van der Waals surface area contributed by atoms with Gasteiger partial charge in [-0.3, -0.25) is 0 Å². The first-order valence-corrected chi connectivity index (χ1v) is 20.4. The lowest BCUT2D eigenvalue weighted by Crippen LogP contribution is -1.97. The van der Waals surface area contributed by atoms with Gasteiger partial charge in [-0.1, -0.05) is 146 Å². The molecule has 3 aromatic heterocycles. The average molecular weight is 750 g/mol. The molecular weight excluding hydrogens is 715 g/mol. The second-order valence-corrected chi connectivity index (χ2v) is 15.7. The Bertz CT molecular complexity index is 3840. The van der Waals surface area contributed by atoms with E-state index in [0.717, 1.165) is 11.4 Å². The fraction of sp³-hybridized carbons (Fsp3) is 0. The maximum atomic E-state index is 2.48. The van der Waals surface area contributed by atoms with Crippen LogP contribution in [0.25, 0.3) is 115 Å². The summed E-state index contributed by atoms with van der Waals surface area (Å²) in [6.45, 7) is 0. The van der Waals surface area contributed by atoms with Crippen molar-refractivity contribution < 1.29 is 0 Å². The van der Waals surface area contributed by atoms with Crippen molar-refractivity contribution >= 4 is 87.0 Å². The van der Waals surface area contributed by atoms with Crippen molar-refractivity contribution in [2.45, 2.75) is 0 Å². The molecule has 0 saturated heterocycles. The van der Waals surface area contributed by atoms with Crippen LogP contribution in [0.1, 0.15) is 0 Å². The van der Waals surface area contributed by atoms with Gasteiger partial charge in [-0.15, -0.1) is 0 Å². The van der Waals surface area contributed by atoms with E-state index in [2.05, 4.69) is 226 Å². The molecule has 59 heavy (non-hydrogen) atoms. The zero-order valence-electron chi connectivity index (χ0n) is 32.0. The van der Waals surface area contributed by atoms with E-state index in [1.54, 1.807) is 0 Å². The Balaban J connectivity index is 1.05. The monoisotopic (exact) mass is 749 g/mol. The second kappa shape index (κ2) is 12.3. The highest BCUT2D eigenvalue weighted by Gasteiger charge is 2.20. The molecule has 0 aliphatic carbocycles. The van der Waals surface area contributed by atoms with E-state index in [1.165, 1.54) is 104 Å². The molecule has 0 saturated carbocycles. The summed E-state index contributed by atoms with van der Waals surface area (Å²) < 4.78 is 7.35. The van der Waals surface area contributed by atoms with Gasteiger partial charge in [0.15, 0.2) is 0 Å². The highest BCUT2D eigenvalue weighted by molar-refractivity contribution is 6.20. The predicted octanol–water partition coefficient (Wildman–Crippen LogP) is 15.0. The van der Waals surface area contributed by atoms with Gasteiger partial charge in [0.25, 0.3) is 0 Å². The standard InChI is InChI=1S/C56H35N3/c1-2-17-39(18-3-1)57-50-26-11-9-24-45(50)48-34-49-46-25-10-12-27-51(46)58(56(49)35-55(48)57)40-19-14-16-36(31-40)37-29-30-47-44-23-8-13-28-52(44)59(53(47)32-37)54-33-38-15-4-5-20-41(38)42-21-6-7-22-43(42)54/h1-35H. The third-order valence-corrected chi connectivity index (χ3v) is 12.6. The van der Waals surface area contributed by atoms with Gasteiger partial charge in [0.05, 0.1) is 38.8 Å². The Kier molecular flexibility index (Phi) is 6.72. The maximum Gasteiger partial charge on any atom is 0.0562 e. The molecule has 0 amide bonds. The molecule has 0 spiro atoms. The van der Waals surface area contributed by atoms with E-state index >= 15 is 0 Å². The van der Waals surface area contributed by atoms with E-state index in [-0.39, 0.29) is 0 Å². The minimum atomic E-state index is 1.14. The lowest BCUT2D eigenvalue weighted by atomic mass is 10.00. The van der Waals surface area contributed by atoms with Crippen molar-refractivity contribution in [1.82, 2.24) is 13.7 Å². The van der Waals surface area contributed by atoms with Crippen LogP contribution < -0.4 is 0 Å². The number of hydrogen-bond donors (Lipinski definition) is 0. The summed E-state index contributed by atoms with van der Waals surface area (Å²) in [6, 6.07) is 78.1. The molecule has 13 aromatic rings. The van der Waals surface area contributed by atoms with E-state index in [9.17, 15) is 0 Å². The number of benzene rings is 10. The van der Waals surface area contributed by atoms with E-state index in [1.807, 2.05) is 0 Å². The molecule has 0 atom stereocenters. The van der Waals surface area contributed by atoms with Crippen LogP contribution in [-0.2, 0) is 0 Å². The van der Waals surface area contributed by atoms with Crippen LogP contribution in [0.3, 0.4) is 0 Å². The summed E-state index contributed by atoms with van der Waals surface area (Å²) in [5.41, 5.74) is 13.0. The first-order valence-electron chi connectivity index (χ1n) is 20.4. The van der Waals surface area contributed by atoms with Gasteiger partial charge < -0.3 is 13.7 Å². The van der Waals surface area contributed by atoms with Crippen molar-refractivity contribution in [2.75, 3.05) is 0 Å². The highest BCUT2D eigenvalue weighted by Crippen LogP contribution is 2.42. The van der Waals surface area contributed by atoms with Crippen LogP contribution in [0.2, 0.25) is 0 Å². The molecule has 0 aliphatic rings. The summed E-state index contributed by atoms with van der Waals surface area (Å²) in [5, 5.41) is 12.6. The van der Waals surface area contributed by atoms with E-state index in [4.69, 9.17) is 0 Å². The molecule has 0 radical (unpaired) electrons. The molecule has 3 heteroatoms. The van der Waals surface area contributed by atoms with Crippen LogP contribution in [0.5, 0.6) is 0 Å². The minimum absolute atomic E-state index is 1.14. The molecule has 3 heterocycles. The van der Waals surface area contributed by atoms with Gasteiger partial charge in [0.2, 0.25) is 0 Å². The largest absolute Gasteiger partial charge is 0.309 e. The summed E-state index contributed by atoms with van der Waals surface area (Å²) in [5.74, 6) is 0. The third kappa shape index (κ3) is 4.64. The number of para-hydroxylation sites is 4. The maximum absolute atomic E-state index is 2.48. The van der Waals surface area contributed by atoms with Crippen LogP contribution in [-0.4, -0.2) is 13.7 Å². The van der Waals surface area contributed by atoms with E-state index < -0.39 is 0 Å². The summed E-state index contributed by atoms with van der Waals surface area (Å²) in [6.07, 6.45) is 0. The molecule has 0 fully saturated rings. The normalized spacial score (nSPS) is 12.1. The topological polar surface area (TPSA) is 14.8 Å². The Labute approximate surface area is 339 Å². The molecule has 0 aliphatic heterocycles. The van der Waals surface area contributed by atoms with Crippen LogP contribution in [0, 0.1) is 0 Å². The fourth-order valence-corrected chi connectivity index (χ4v) is 10.0. The second-order valence-electron chi connectivity index (χ2n) is 15.7. The van der Waals surface area contributed by atoms with Gasteiger partial charge in [-0.05, 0) is 94.0 Å². The highest BCUT2D eigenvalue weighted by atomic mass is 15.0. The van der Waals surface area contributed by atoms with Crippen LogP contribution in [0.15, 0.2) is 212 Å².